The van der Waals surface area contributed by atoms with Crippen LogP contribution in [0.4, 0.5) is 0 Å². The molecule has 1 aliphatic heterocycles. The summed E-state index contributed by atoms with van der Waals surface area (Å²) < 4.78 is 0. The van der Waals surface area contributed by atoms with E-state index in [2.05, 4.69) is 15.5 Å². The number of hydrogen-bond acceptors (Lipinski definition) is 3. The molecule has 0 saturated carbocycles. The second-order valence-corrected chi connectivity index (χ2v) is 5.83. The van der Waals surface area contributed by atoms with Gasteiger partial charge >= 0.3 is 0 Å². The largest absolute Gasteiger partial charge is 0.351 e. The van der Waals surface area contributed by atoms with Gasteiger partial charge in [-0.05, 0) is 44.1 Å². The first-order valence-corrected chi connectivity index (χ1v) is 7.44. The first kappa shape index (κ1) is 15.3. The smallest absolute Gasteiger partial charge is 0.234 e. The molecule has 4 nitrogen and oxygen atoms in total. The van der Waals surface area contributed by atoms with Crippen LogP contribution in [-0.2, 0) is 11.3 Å². The maximum absolute atomic E-state index is 11.9. The summed E-state index contributed by atoms with van der Waals surface area (Å²) in [6.45, 7) is 3.01. The Hall–Kier alpha value is -1.10. The van der Waals surface area contributed by atoms with Gasteiger partial charge in [-0.3, -0.25) is 9.69 Å². The lowest BCUT2D eigenvalue weighted by Gasteiger charge is -2.20. The molecule has 20 heavy (non-hydrogen) atoms. The summed E-state index contributed by atoms with van der Waals surface area (Å²) in [6.07, 6.45) is 2.44. The Bertz CT molecular complexity index is 429. The second kappa shape index (κ2) is 7.62. The van der Waals surface area contributed by atoms with Crippen molar-refractivity contribution in [3.05, 3.63) is 34.9 Å². The summed E-state index contributed by atoms with van der Waals surface area (Å²) in [4.78, 5) is 13.9. The van der Waals surface area contributed by atoms with Gasteiger partial charge in [0.1, 0.15) is 0 Å². The van der Waals surface area contributed by atoms with Gasteiger partial charge < -0.3 is 10.6 Å². The number of nitrogens with zero attached hydrogens (tertiary/aromatic N) is 1. The van der Waals surface area contributed by atoms with E-state index in [0.717, 1.165) is 18.7 Å². The van der Waals surface area contributed by atoms with Gasteiger partial charge in [0.15, 0.2) is 0 Å². The molecule has 1 aromatic rings. The van der Waals surface area contributed by atoms with E-state index in [9.17, 15) is 4.79 Å². The number of carbonyl (C=O) groups is 1. The number of nitrogens with one attached hydrogen (secondary N) is 2. The first-order chi connectivity index (χ1) is 9.63. The Kier molecular flexibility index (Phi) is 5.83. The van der Waals surface area contributed by atoms with Gasteiger partial charge in [0.25, 0.3) is 0 Å². The number of halogens is 1. The molecule has 1 fully saturated rings. The van der Waals surface area contributed by atoms with Crippen molar-refractivity contribution < 1.29 is 4.79 Å². The molecule has 1 atom stereocenters. The minimum atomic E-state index is 0.0560. The van der Waals surface area contributed by atoms with E-state index in [1.165, 1.54) is 12.8 Å². The Morgan fingerprint density at radius 1 is 1.45 bits per heavy atom. The molecule has 110 valence electrons. The molecule has 0 bridgehead atoms. The lowest BCUT2D eigenvalue weighted by Crippen LogP contribution is -2.41. The minimum absolute atomic E-state index is 0.0560. The third kappa shape index (κ3) is 5.12. The molecule has 2 N–H and O–H groups in total. The topological polar surface area (TPSA) is 44.4 Å². The summed E-state index contributed by atoms with van der Waals surface area (Å²) >= 11 is 5.82. The number of carbonyl (C=O) groups excluding carboxylic acids is 1. The van der Waals surface area contributed by atoms with Crippen molar-refractivity contribution in [2.45, 2.75) is 25.4 Å². The summed E-state index contributed by atoms with van der Waals surface area (Å²) in [5.74, 6) is 0.0560. The van der Waals surface area contributed by atoms with E-state index in [0.29, 0.717) is 24.2 Å². The van der Waals surface area contributed by atoms with Gasteiger partial charge in [0, 0.05) is 24.2 Å². The van der Waals surface area contributed by atoms with Gasteiger partial charge in [0.2, 0.25) is 5.91 Å². The summed E-state index contributed by atoms with van der Waals surface area (Å²) in [7, 11) is 1.99. The fourth-order valence-corrected chi connectivity index (χ4v) is 2.58. The molecule has 1 unspecified atom stereocenters. The van der Waals surface area contributed by atoms with Crippen LogP contribution in [0, 0.1) is 0 Å². The highest BCUT2D eigenvalue weighted by Gasteiger charge is 2.16. The molecule has 0 aromatic heterocycles. The van der Waals surface area contributed by atoms with Gasteiger partial charge in [-0.25, -0.2) is 0 Å². The zero-order valence-corrected chi connectivity index (χ0v) is 12.6. The Morgan fingerprint density at radius 2 is 2.20 bits per heavy atom. The second-order valence-electron chi connectivity index (χ2n) is 5.39. The van der Waals surface area contributed by atoms with Crippen LogP contribution in [-0.4, -0.2) is 43.5 Å². The van der Waals surface area contributed by atoms with E-state index >= 15 is 0 Å². The minimum Gasteiger partial charge on any atom is -0.351 e. The predicted molar refractivity (Wildman–Crippen MR) is 81.8 cm³/mol. The van der Waals surface area contributed by atoms with Crippen LogP contribution in [0.5, 0.6) is 0 Å². The zero-order valence-electron chi connectivity index (χ0n) is 11.9. The van der Waals surface area contributed by atoms with Crippen LogP contribution in [0.15, 0.2) is 24.3 Å². The number of amides is 1. The predicted octanol–water partition coefficient (Wildman–Crippen LogP) is 1.64. The van der Waals surface area contributed by atoms with Gasteiger partial charge in [-0.2, -0.15) is 0 Å². The van der Waals surface area contributed by atoms with Crippen LogP contribution < -0.4 is 10.6 Å². The monoisotopic (exact) mass is 295 g/mol. The molecule has 0 aliphatic carbocycles. The SMILES string of the molecule is CN(CC(=O)NCc1ccc(Cl)cc1)CC1CCCN1. The number of hydrogen-bond donors (Lipinski definition) is 2. The highest BCUT2D eigenvalue weighted by atomic mass is 35.5. The molecule has 1 aromatic carbocycles. The van der Waals surface area contributed by atoms with Gasteiger partial charge in [0.05, 0.1) is 6.54 Å². The third-order valence-corrected chi connectivity index (χ3v) is 3.76. The van der Waals surface area contributed by atoms with Crippen molar-refractivity contribution in [3.63, 3.8) is 0 Å². The molecule has 5 heteroatoms. The van der Waals surface area contributed by atoms with E-state index in [4.69, 9.17) is 11.6 Å². The average molecular weight is 296 g/mol. The third-order valence-electron chi connectivity index (χ3n) is 3.51. The van der Waals surface area contributed by atoms with Crippen LogP contribution in [0.1, 0.15) is 18.4 Å². The maximum atomic E-state index is 11.9. The highest BCUT2D eigenvalue weighted by Crippen LogP contribution is 2.09. The lowest BCUT2D eigenvalue weighted by atomic mass is 10.2. The standard InChI is InChI=1S/C15H22ClN3O/c1-19(10-14-3-2-8-17-14)11-15(20)18-9-12-4-6-13(16)7-5-12/h4-7,14,17H,2-3,8-11H2,1H3,(H,18,20). The Labute approximate surface area is 125 Å². The van der Waals surface area contributed by atoms with Gasteiger partial charge in [-0.15, -0.1) is 0 Å². The normalized spacial score (nSPS) is 18.4. The van der Waals surface area contributed by atoms with Crippen LogP contribution >= 0.6 is 11.6 Å². The van der Waals surface area contributed by atoms with E-state index in [1.54, 1.807) is 0 Å². The molecule has 1 amide bonds. The maximum Gasteiger partial charge on any atom is 0.234 e. The van der Waals surface area contributed by atoms with Crippen LogP contribution in [0.25, 0.3) is 0 Å². The zero-order chi connectivity index (χ0) is 14.4. The quantitative estimate of drug-likeness (QED) is 0.839. The fourth-order valence-electron chi connectivity index (χ4n) is 2.46. The average Bonchev–Trinajstić information content (AvgIpc) is 2.90. The first-order valence-electron chi connectivity index (χ1n) is 7.06. The molecule has 1 aliphatic rings. The molecule has 1 heterocycles. The molecular weight excluding hydrogens is 274 g/mol. The Balaban J connectivity index is 1.67. The van der Waals surface area contributed by atoms with Crippen molar-refractivity contribution in [2.75, 3.05) is 26.7 Å². The summed E-state index contributed by atoms with van der Waals surface area (Å²) in [6, 6.07) is 8.05. The van der Waals surface area contributed by atoms with E-state index in [1.807, 2.05) is 31.3 Å². The summed E-state index contributed by atoms with van der Waals surface area (Å²) in [5.41, 5.74) is 1.06. The number of benzene rings is 1. The summed E-state index contributed by atoms with van der Waals surface area (Å²) in [5, 5.41) is 7.08. The molecule has 2 rings (SSSR count). The lowest BCUT2D eigenvalue weighted by molar-refractivity contribution is -0.122. The number of likely N-dealkylation sites (N-methyl/N-ethyl adjacent to an activating group) is 1. The number of rotatable bonds is 6. The van der Waals surface area contributed by atoms with Gasteiger partial charge in [-0.1, -0.05) is 23.7 Å². The molecule has 0 radical (unpaired) electrons. The van der Waals surface area contributed by atoms with E-state index in [-0.39, 0.29) is 5.91 Å². The van der Waals surface area contributed by atoms with Crippen molar-refractivity contribution in [3.8, 4) is 0 Å². The van der Waals surface area contributed by atoms with Crippen LogP contribution in [0.2, 0.25) is 5.02 Å². The highest BCUT2D eigenvalue weighted by molar-refractivity contribution is 6.30. The van der Waals surface area contributed by atoms with E-state index < -0.39 is 0 Å². The Morgan fingerprint density at radius 3 is 2.85 bits per heavy atom. The molecular formula is C15H22ClN3O. The fraction of sp³-hybridized carbons (Fsp3) is 0.533. The van der Waals surface area contributed by atoms with Crippen molar-refractivity contribution in [2.24, 2.45) is 0 Å². The van der Waals surface area contributed by atoms with Crippen molar-refractivity contribution in [1.82, 2.24) is 15.5 Å². The van der Waals surface area contributed by atoms with Crippen molar-refractivity contribution >= 4 is 17.5 Å². The van der Waals surface area contributed by atoms with Crippen molar-refractivity contribution in [1.29, 1.82) is 0 Å². The molecule has 1 saturated heterocycles. The van der Waals surface area contributed by atoms with Crippen LogP contribution in [0.3, 0.4) is 0 Å². The molecule has 0 spiro atoms.